The van der Waals surface area contributed by atoms with Gasteiger partial charge >= 0.3 is 0 Å². The molecule has 14 heteroatoms. The van der Waals surface area contributed by atoms with Crippen LogP contribution in [0, 0.1) is 0 Å². The lowest BCUT2D eigenvalue weighted by atomic mass is 10.1. The second-order valence-electron chi connectivity index (χ2n) is 8.28. The molecule has 2 aromatic heterocycles. The molecule has 0 saturated carbocycles. The van der Waals surface area contributed by atoms with Gasteiger partial charge in [-0.15, -0.1) is 21.5 Å². The zero-order valence-corrected chi connectivity index (χ0v) is 21.4. The highest BCUT2D eigenvalue weighted by Crippen LogP contribution is 2.39. The van der Waals surface area contributed by atoms with Gasteiger partial charge in [-0.1, -0.05) is 36.4 Å². The Labute approximate surface area is 211 Å². The first-order valence-electron chi connectivity index (χ1n) is 11.1. The number of fused-ring (bicyclic) bond motifs is 1. The summed E-state index contributed by atoms with van der Waals surface area (Å²) >= 11 is 1.25. The summed E-state index contributed by atoms with van der Waals surface area (Å²) in [5, 5.41) is 11.1. The number of aromatic nitrogens is 3. The number of sulfone groups is 1. The molecule has 0 radical (unpaired) electrons. The molecule has 1 aliphatic rings. The number of hydrogen-bond donors (Lipinski definition) is 2. The number of nitrogens with zero attached hydrogens (tertiary/aromatic N) is 3. The molecule has 1 fully saturated rings. The molecule has 2 aromatic carbocycles. The van der Waals surface area contributed by atoms with Crippen LogP contribution in [0.3, 0.4) is 0 Å². The highest BCUT2D eigenvalue weighted by molar-refractivity contribution is 7.92. The maximum atomic E-state index is 13.8. The van der Waals surface area contributed by atoms with Crippen LogP contribution >= 0.6 is 11.3 Å². The van der Waals surface area contributed by atoms with E-state index in [1.165, 1.54) is 11.3 Å². The van der Waals surface area contributed by atoms with Gasteiger partial charge in [-0.3, -0.25) is 0 Å². The molecule has 4 aromatic rings. The Kier molecular flexibility index (Phi) is 6.89. The summed E-state index contributed by atoms with van der Waals surface area (Å²) in [5.74, 6) is -0.284. The highest BCUT2D eigenvalue weighted by Gasteiger charge is 2.42. The Balaban J connectivity index is 1.56. The molecule has 0 aliphatic carbocycles. The zero-order chi connectivity index (χ0) is 25.3. The first kappa shape index (κ1) is 24.9. The lowest BCUT2D eigenvalue weighted by molar-refractivity contribution is 0.0982. The van der Waals surface area contributed by atoms with Gasteiger partial charge < -0.3 is 9.15 Å². The smallest absolute Gasteiger partial charge is 0.274 e. The van der Waals surface area contributed by atoms with E-state index in [2.05, 4.69) is 19.9 Å². The van der Waals surface area contributed by atoms with Crippen LogP contribution in [0.4, 0.5) is 0 Å². The summed E-state index contributed by atoms with van der Waals surface area (Å²) in [6.45, 7) is 0.310. The van der Waals surface area contributed by atoms with Gasteiger partial charge in [0.2, 0.25) is 11.8 Å². The van der Waals surface area contributed by atoms with Gasteiger partial charge in [-0.05, 0) is 36.1 Å². The van der Waals surface area contributed by atoms with Gasteiger partial charge in [-0.2, -0.15) is 13.1 Å². The maximum Gasteiger partial charge on any atom is 0.274 e. The molecule has 1 aliphatic heterocycles. The van der Waals surface area contributed by atoms with Crippen molar-refractivity contribution < 1.29 is 26.0 Å². The molecule has 11 nitrogen and oxygen atoms in total. The molecular formula is C22H23N5O6S3. The highest BCUT2D eigenvalue weighted by atomic mass is 32.2. The number of nitrogens with one attached hydrogen (secondary N) is 1. The Morgan fingerprint density at radius 3 is 2.50 bits per heavy atom. The van der Waals surface area contributed by atoms with E-state index in [-0.39, 0.29) is 18.3 Å². The Morgan fingerprint density at radius 2 is 1.78 bits per heavy atom. The van der Waals surface area contributed by atoms with Crippen LogP contribution in [-0.2, 0) is 31.3 Å². The lowest BCUT2D eigenvalue weighted by Gasteiger charge is -2.24. The van der Waals surface area contributed by atoms with E-state index >= 15 is 0 Å². The van der Waals surface area contributed by atoms with E-state index in [1.807, 2.05) is 48.5 Å². The summed E-state index contributed by atoms with van der Waals surface area (Å²) < 4.78 is 63.9. The number of hydrogen-bond acceptors (Lipinski definition) is 10. The predicted molar refractivity (Wildman–Crippen MR) is 134 cm³/mol. The molecule has 3 heterocycles. The Bertz CT molecular complexity index is 1580. The minimum absolute atomic E-state index is 0.112. The molecule has 0 bridgehead atoms. The lowest BCUT2D eigenvalue weighted by Crippen LogP contribution is -2.33. The number of nitrogens with two attached hydrogens (primary N) is 1. The first-order chi connectivity index (χ1) is 17.2. The third-order valence-corrected chi connectivity index (χ3v) is 10.1. The number of ether oxygens (including phenoxy) is 1. The van der Waals surface area contributed by atoms with Gasteiger partial charge in [0, 0.05) is 13.2 Å². The Hall–Kier alpha value is -2.75. The summed E-state index contributed by atoms with van der Waals surface area (Å²) in [6, 6.07) is 15.6. The van der Waals surface area contributed by atoms with Crippen LogP contribution in [0.1, 0.15) is 34.9 Å². The maximum absolute atomic E-state index is 13.8. The van der Waals surface area contributed by atoms with Crippen molar-refractivity contribution in [2.24, 2.45) is 5.14 Å². The van der Waals surface area contributed by atoms with Crippen molar-refractivity contribution in [1.29, 1.82) is 0 Å². The second kappa shape index (κ2) is 9.95. The van der Waals surface area contributed by atoms with Crippen LogP contribution in [0.15, 0.2) is 52.9 Å². The van der Waals surface area contributed by atoms with Crippen molar-refractivity contribution in [3.05, 3.63) is 65.3 Å². The normalized spacial score (nSPS) is 16.4. The number of benzene rings is 2. The monoisotopic (exact) mass is 549 g/mol. The second-order valence-corrected chi connectivity index (χ2v) is 13.0. The molecule has 1 saturated heterocycles. The Morgan fingerprint density at radius 1 is 1.03 bits per heavy atom. The van der Waals surface area contributed by atoms with Crippen LogP contribution in [0.5, 0.6) is 0 Å². The largest absolute Gasteiger partial charge is 0.422 e. The van der Waals surface area contributed by atoms with Crippen molar-refractivity contribution in [3.8, 4) is 11.1 Å². The van der Waals surface area contributed by atoms with Crippen LogP contribution in [-0.4, -0.2) is 50.5 Å². The zero-order valence-electron chi connectivity index (χ0n) is 18.9. The van der Waals surface area contributed by atoms with Crippen LogP contribution in [0.25, 0.3) is 21.3 Å². The van der Waals surface area contributed by atoms with Crippen molar-refractivity contribution >= 4 is 41.6 Å². The molecule has 0 spiro atoms. The molecule has 36 heavy (non-hydrogen) atoms. The van der Waals surface area contributed by atoms with E-state index in [0.29, 0.717) is 36.6 Å². The average molecular weight is 550 g/mol. The van der Waals surface area contributed by atoms with E-state index in [0.717, 1.165) is 15.8 Å². The van der Waals surface area contributed by atoms with Crippen LogP contribution in [0.2, 0.25) is 0 Å². The fourth-order valence-electron chi connectivity index (χ4n) is 4.05. The van der Waals surface area contributed by atoms with Crippen molar-refractivity contribution in [2.75, 3.05) is 13.2 Å². The van der Waals surface area contributed by atoms with E-state index < -0.39 is 30.5 Å². The first-order valence-corrected chi connectivity index (χ1v) is 15.0. The summed E-state index contributed by atoms with van der Waals surface area (Å²) in [7, 11) is -7.86. The van der Waals surface area contributed by atoms with Gasteiger partial charge in [0.05, 0.1) is 22.0 Å². The SMILES string of the molecule is NS(=O)(=O)NCc1nnc(C(c2nc3ccc(-c4ccccc4)cc3s2)S(=O)(=O)C2CCOCC2)o1. The third kappa shape index (κ3) is 5.33. The molecule has 190 valence electrons. The topological polar surface area (TPSA) is 167 Å². The quantitative estimate of drug-likeness (QED) is 0.335. The molecular weight excluding hydrogens is 526 g/mol. The number of rotatable bonds is 8. The van der Waals surface area contributed by atoms with Gasteiger partial charge in [-0.25, -0.2) is 18.5 Å². The molecule has 3 N–H and O–H groups in total. The van der Waals surface area contributed by atoms with Gasteiger partial charge in [0.25, 0.3) is 10.2 Å². The van der Waals surface area contributed by atoms with E-state index in [4.69, 9.17) is 14.3 Å². The molecule has 1 unspecified atom stereocenters. The standard InChI is InChI=1S/C22H23N5O6S3/c23-36(30,31)24-13-19-26-27-21(33-19)20(35(28,29)16-8-10-32-11-9-16)22-25-17-7-6-15(12-18(17)34-22)14-4-2-1-3-5-14/h1-7,12,16,20,24H,8-11,13H2,(H2,23,30,31). The van der Waals surface area contributed by atoms with Crippen molar-refractivity contribution in [1.82, 2.24) is 19.9 Å². The fraction of sp³-hybridized carbons (Fsp3) is 0.318. The number of thiazole rings is 1. The molecule has 5 rings (SSSR count). The van der Waals surface area contributed by atoms with E-state index in [9.17, 15) is 16.8 Å². The third-order valence-electron chi connectivity index (χ3n) is 5.83. The minimum atomic E-state index is -4.00. The van der Waals surface area contributed by atoms with E-state index in [1.54, 1.807) is 0 Å². The summed E-state index contributed by atoms with van der Waals surface area (Å²) in [5.41, 5.74) is 2.67. The minimum Gasteiger partial charge on any atom is -0.422 e. The fourth-order valence-corrected chi connectivity index (χ4v) is 7.85. The molecule has 0 amide bonds. The summed E-state index contributed by atoms with van der Waals surface area (Å²) in [4.78, 5) is 4.63. The van der Waals surface area contributed by atoms with Gasteiger partial charge in [0.1, 0.15) is 5.01 Å². The molecule has 1 atom stereocenters. The van der Waals surface area contributed by atoms with Crippen LogP contribution < -0.4 is 9.86 Å². The van der Waals surface area contributed by atoms with Gasteiger partial charge in [0.15, 0.2) is 15.1 Å². The summed E-state index contributed by atoms with van der Waals surface area (Å²) in [6.07, 6.45) is 0.686. The predicted octanol–water partition coefficient (Wildman–Crippen LogP) is 2.32. The van der Waals surface area contributed by atoms with Crippen molar-refractivity contribution in [3.63, 3.8) is 0 Å². The van der Waals surface area contributed by atoms with Crippen molar-refractivity contribution in [2.45, 2.75) is 29.9 Å². The average Bonchev–Trinajstić information content (AvgIpc) is 3.50.